The van der Waals surface area contributed by atoms with Gasteiger partial charge in [0.15, 0.2) is 0 Å². The van der Waals surface area contributed by atoms with Crippen LogP contribution in [0.2, 0.25) is 0 Å². The molecule has 19 heavy (non-hydrogen) atoms. The van der Waals surface area contributed by atoms with E-state index in [0.29, 0.717) is 39.1 Å². The van der Waals surface area contributed by atoms with E-state index >= 15 is 0 Å². The van der Waals surface area contributed by atoms with Crippen LogP contribution >= 0.6 is 0 Å². The molecule has 1 heterocycles. The molecule has 110 valence electrons. The molecule has 0 saturated carbocycles. The molecule has 1 aliphatic rings. The molecule has 0 atom stereocenters. The lowest BCUT2D eigenvalue weighted by Gasteiger charge is -2.36. The Morgan fingerprint density at radius 1 is 1.37 bits per heavy atom. The number of hydrogen-bond donors (Lipinski definition) is 2. The van der Waals surface area contributed by atoms with Crippen LogP contribution in [0.3, 0.4) is 0 Å². The number of carbonyl (C=O) groups is 2. The average molecular weight is 272 g/mol. The number of urea groups is 1. The van der Waals surface area contributed by atoms with Crippen LogP contribution in [-0.4, -0.2) is 54.4 Å². The molecule has 6 nitrogen and oxygen atoms in total. The minimum atomic E-state index is -0.780. The second-order valence-corrected chi connectivity index (χ2v) is 5.50. The summed E-state index contributed by atoms with van der Waals surface area (Å²) in [7, 11) is 0. The van der Waals surface area contributed by atoms with Crippen LogP contribution in [0.25, 0.3) is 0 Å². The molecule has 0 aromatic carbocycles. The number of hydrogen-bond acceptors (Lipinski definition) is 3. The second kappa shape index (κ2) is 6.75. The third-order valence-electron chi connectivity index (χ3n) is 3.50. The van der Waals surface area contributed by atoms with Gasteiger partial charge in [-0.2, -0.15) is 0 Å². The maximum atomic E-state index is 11.8. The summed E-state index contributed by atoms with van der Waals surface area (Å²) in [6.07, 6.45) is 1.15. The normalized spacial score (nSPS) is 18.4. The predicted molar refractivity (Wildman–Crippen MR) is 71.0 cm³/mol. The number of nitrogens with zero attached hydrogens (tertiary/aromatic N) is 1. The van der Waals surface area contributed by atoms with Gasteiger partial charge in [0.05, 0.1) is 18.1 Å². The first kappa shape index (κ1) is 15.8. The van der Waals surface area contributed by atoms with E-state index < -0.39 is 11.4 Å². The van der Waals surface area contributed by atoms with Crippen molar-refractivity contribution in [3.63, 3.8) is 0 Å². The number of carbonyl (C=O) groups excluding carboxylic acids is 1. The highest BCUT2D eigenvalue weighted by Gasteiger charge is 2.37. The molecule has 0 bridgehead atoms. The Morgan fingerprint density at radius 3 is 2.42 bits per heavy atom. The highest BCUT2D eigenvalue weighted by Crippen LogP contribution is 2.30. The highest BCUT2D eigenvalue weighted by molar-refractivity contribution is 5.76. The zero-order valence-corrected chi connectivity index (χ0v) is 11.9. The van der Waals surface area contributed by atoms with Crippen molar-refractivity contribution in [3.05, 3.63) is 0 Å². The molecule has 6 heteroatoms. The van der Waals surface area contributed by atoms with Gasteiger partial charge in [0.2, 0.25) is 0 Å². The summed E-state index contributed by atoms with van der Waals surface area (Å²) in [5.74, 6) is -0.780. The number of amides is 2. The van der Waals surface area contributed by atoms with Gasteiger partial charge in [-0.1, -0.05) is 0 Å². The standard InChI is InChI=1S/C13H24N2O4/c1-10(2)19-9-6-14-12(18)15-7-4-13(3,5-8-15)11(16)17/h10H,4-9H2,1-3H3,(H,14,18)(H,16,17). The number of piperidine rings is 1. The van der Waals surface area contributed by atoms with Gasteiger partial charge in [-0.3, -0.25) is 4.79 Å². The van der Waals surface area contributed by atoms with Crippen molar-refractivity contribution in [1.29, 1.82) is 0 Å². The van der Waals surface area contributed by atoms with E-state index in [-0.39, 0.29) is 12.1 Å². The van der Waals surface area contributed by atoms with Gasteiger partial charge in [-0.05, 0) is 33.6 Å². The largest absolute Gasteiger partial charge is 0.481 e. The Labute approximate surface area is 114 Å². The fourth-order valence-corrected chi connectivity index (χ4v) is 1.98. The molecular weight excluding hydrogens is 248 g/mol. The molecule has 1 saturated heterocycles. The average Bonchev–Trinajstić information content (AvgIpc) is 2.35. The van der Waals surface area contributed by atoms with E-state index in [9.17, 15) is 9.59 Å². The van der Waals surface area contributed by atoms with Gasteiger partial charge in [-0.15, -0.1) is 0 Å². The van der Waals surface area contributed by atoms with Gasteiger partial charge in [0, 0.05) is 19.6 Å². The number of carboxylic acid groups (broad SMARTS) is 1. The Balaban J connectivity index is 2.27. The Bertz CT molecular complexity index is 323. The van der Waals surface area contributed by atoms with Gasteiger partial charge < -0.3 is 20.1 Å². The zero-order valence-electron chi connectivity index (χ0n) is 11.9. The quantitative estimate of drug-likeness (QED) is 0.740. The van der Waals surface area contributed by atoms with Crippen molar-refractivity contribution >= 4 is 12.0 Å². The van der Waals surface area contributed by atoms with Gasteiger partial charge in [0.25, 0.3) is 0 Å². The first-order valence-electron chi connectivity index (χ1n) is 6.73. The predicted octanol–water partition coefficient (Wildman–Crippen LogP) is 1.31. The lowest BCUT2D eigenvalue weighted by atomic mass is 9.80. The van der Waals surface area contributed by atoms with Crippen LogP contribution in [-0.2, 0) is 9.53 Å². The summed E-state index contributed by atoms with van der Waals surface area (Å²) in [5.41, 5.74) is -0.697. The molecule has 0 unspecified atom stereocenters. The van der Waals surface area contributed by atoms with Crippen LogP contribution in [0.1, 0.15) is 33.6 Å². The van der Waals surface area contributed by atoms with E-state index in [1.54, 1.807) is 11.8 Å². The smallest absolute Gasteiger partial charge is 0.317 e. The first-order chi connectivity index (χ1) is 8.85. The van der Waals surface area contributed by atoms with Crippen LogP contribution in [0.5, 0.6) is 0 Å². The maximum Gasteiger partial charge on any atom is 0.317 e. The highest BCUT2D eigenvalue weighted by atomic mass is 16.5. The van der Waals surface area contributed by atoms with Gasteiger partial charge >= 0.3 is 12.0 Å². The third kappa shape index (κ3) is 4.70. The Morgan fingerprint density at radius 2 is 1.95 bits per heavy atom. The number of ether oxygens (including phenoxy) is 1. The summed E-state index contributed by atoms with van der Waals surface area (Å²) in [5, 5.41) is 11.9. The molecule has 0 aromatic rings. The summed E-state index contributed by atoms with van der Waals surface area (Å²) in [6.45, 7) is 7.56. The van der Waals surface area contributed by atoms with Crippen molar-refractivity contribution in [2.24, 2.45) is 5.41 Å². The number of likely N-dealkylation sites (tertiary alicyclic amines) is 1. The van der Waals surface area contributed by atoms with Crippen LogP contribution < -0.4 is 5.32 Å². The van der Waals surface area contributed by atoms with Gasteiger partial charge in [-0.25, -0.2) is 4.79 Å². The zero-order chi connectivity index (χ0) is 14.5. The fraction of sp³-hybridized carbons (Fsp3) is 0.846. The van der Waals surface area contributed by atoms with E-state index in [1.807, 2.05) is 13.8 Å². The topological polar surface area (TPSA) is 78.9 Å². The number of carboxylic acids is 1. The van der Waals surface area contributed by atoms with Crippen LogP contribution in [0.15, 0.2) is 0 Å². The lowest BCUT2D eigenvalue weighted by Crippen LogP contribution is -2.49. The SMILES string of the molecule is CC(C)OCCNC(=O)N1CCC(C)(C(=O)O)CC1. The summed E-state index contributed by atoms with van der Waals surface area (Å²) >= 11 is 0. The van der Waals surface area contributed by atoms with E-state index in [2.05, 4.69) is 5.32 Å². The van der Waals surface area contributed by atoms with Gasteiger partial charge in [0.1, 0.15) is 0 Å². The summed E-state index contributed by atoms with van der Waals surface area (Å²) < 4.78 is 5.33. The van der Waals surface area contributed by atoms with Crippen molar-refractivity contribution in [2.45, 2.75) is 39.7 Å². The maximum absolute atomic E-state index is 11.8. The molecular formula is C13H24N2O4. The minimum absolute atomic E-state index is 0.139. The Hall–Kier alpha value is -1.30. The lowest BCUT2D eigenvalue weighted by molar-refractivity contribution is -0.150. The second-order valence-electron chi connectivity index (χ2n) is 5.50. The summed E-state index contributed by atoms with van der Waals surface area (Å²) in [6, 6.07) is -0.139. The van der Waals surface area contributed by atoms with E-state index in [1.165, 1.54) is 0 Å². The number of aliphatic carboxylic acids is 1. The monoisotopic (exact) mass is 272 g/mol. The molecule has 0 radical (unpaired) electrons. The molecule has 0 spiro atoms. The number of rotatable bonds is 5. The molecule has 1 fully saturated rings. The first-order valence-corrected chi connectivity index (χ1v) is 6.73. The third-order valence-corrected chi connectivity index (χ3v) is 3.50. The molecule has 2 N–H and O–H groups in total. The molecule has 1 rings (SSSR count). The van der Waals surface area contributed by atoms with Crippen LogP contribution in [0.4, 0.5) is 4.79 Å². The summed E-state index contributed by atoms with van der Waals surface area (Å²) in [4.78, 5) is 24.6. The molecule has 1 aliphatic heterocycles. The van der Waals surface area contributed by atoms with Crippen molar-refractivity contribution < 1.29 is 19.4 Å². The molecule has 0 aromatic heterocycles. The van der Waals surface area contributed by atoms with Crippen LogP contribution in [0, 0.1) is 5.41 Å². The van der Waals surface area contributed by atoms with E-state index in [0.717, 1.165) is 0 Å². The number of nitrogens with one attached hydrogen (secondary N) is 1. The van der Waals surface area contributed by atoms with E-state index in [4.69, 9.17) is 9.84 Å². The molecule has 0 aliphatic carbocycles. The van der Waals surface area contributed by atoms with Crippen molar-refractivity contribution in [1.82, 2.24) is 10.2 Å². The molecule has 2 amide bonds. The minimum Gasteiger partial charge on any atom is -0.481 e. The van der Waals surface area contributed by atoms with Crippen molar-refractivity contribution in [3.8, 4) is 0 Å². The van der Waals surface area contributed by atoms with Crippen molar-refractivity contribution in [2.75, 3.05) is 26.2 Å². The Kier molecular flexibility index (Phi) is 5.60. The fourth-order valence-electron chi connectivity index (χ4n) is 1.98.